The summed E-state index contributed by atoms with van der Waals surface area (Å²) in [5.41, 5.74) is 1.42. The van der Waals surface area contributed by atoms with Crippen molar-refractivity contribution in [3.63, 3.8) is 0 Å². The van der Waals surface area contributed by atoms with Gasteiger partial charge in [0.25, 0.3) is 23.6 Å². The maximum absolute atomic E-state index is 13.5. The van der Waals surface area contributed by atoms with Crippen molar-refractivity contribution in [2.45, 2.75) is 25.3 Å². The zero-order valence-corrected chi connectivity index (χ0v) is 18.1. The molecule has 2 aromatic carbocycles. The van der Waals surface area contributed by atoms with Crippen LogP contribution in [0.3, 0.4) is 0 Å². The van der Waals surface area contributed by atoms with Gasteiger partial charge in [0.1, 0.15) is 0 Å². The van der Waals surface area contributed by atoms with Gasteiger partial charge >= 0.3 is 0 Å². The molecule has 1 aromatic heterocycles. The summed E-state index contributed by atoms with van der Waals surface area (Å²) in [5, 5.41) is 13.3. The number of nitrogens with zero attached hydrogens (tertiary/aromatic N) is 4. The standard InChI is InChI=1S/C25H20N4O5/c30-13-15-3-1-2-12-27(15)29-24(33)18-6-4-16-20-17(5-7-19(21(18)20)25(29)34)23(32)28(22(16)31)14-8-10-26-11-9-14/h4-11,15,30H,1-3,12-13H2. The molecule has 4 amide bonds. The third kappa shape index (κ3) is 2.71. The number of carbonyl (C=O) groups is 4. The highest BCUT2D eigenvalue weighted by atomic mass is 16.3. The monoisotopic (exact) mass is 456 g/mol. The number of aliphatic hydroxyl groups excluding tert-OH is 1. The number of carbonyl (C=O) groups excluding carboxylic acids is 4. The maximum atomic E-state index is 13.5. The average Bonchev–Trinajstić information content (AvgIpc) is 2.87. The van der Waals surface area contributed by atoms with Crippen LogP contribution >= 0.6 is 0 Å². The lowest BCUT2D eigenvalue weighted by molar-refractivity contribution is -0.0514. The van der Waals surface area contributed by atoms with E-state index >= 15 is 0 Å². The Kier molecular flexibility index (Phi) is 4.58. The number of aliphatic hydroxyl groups is 1. The molecule has 1 saturated heterocycles. The van der Waals surface area contributed by atoms with Crippen LogP contribution in [0.15, 0.2) is 48.8 Å². The molecule has 6 rings (SSSR count). The number of hydrogen-bond donors (Lipinski definition) is 1. The molecule has 4 heterocycles. The average molecular weight is 456 g/mol. The second kappa shape index (κ2) is 7.54. The molecule has 3 aliphatic rings. The van der Waals surface area contributed by atoms with Gasteiger partial charge in [-0.2, -0.15) is 0 Å². The Balaban J connectivity index is 1.52. The Hall–Kier alpha value is -3.95. The van der Waals surface area contributed by atoms with Crippen LogP contribution in [0.2, 0.25) is 0 Å². The fourth-order valence-electron chi connectivity index (χ4n) is 5.26. The second-order valence-electron chi connectivity index (χ2n) is 8.64. The highest BCUT2D eigenvalue weighted by Crippen LogP contribution is 2.39. The highest BCUT2D eigenvalue weighted by molar-refractivity contribution is 6.39. The van der Waals surface area contributed by atoms with Crippen molar-refractivity contribution < 1.29 is 24.3 Å². The van der Waals surface area contributed by atoms with Crippen molar-refractivity contribution >= 4 is 40.1 Å². The zero-order chi connectivity index (χ0) is 23.6. The molecule has 1 fully saturated rings. The maximum Gasteiger partial charge on any atom is 0.276 e. The molecule has 0 bridgehead atoms. The number of anilines is 1. The highest BCUT2D eigenvalue weighted by Gasteiger charge is 2.43. The molecular formula is C25H20N4O5. The quantitative estimate of drug-likeness (QED) is 0.603. The van der Waals surface area contributed by atoms with Gasteiger partial charge in [-0.15, -0.1) is 0 Å². The van der Waals surface area contributed by atoms with Crippen LogP contribution in [-0.4, -0.2) is 62.9 Å². The molecule has 1 atom stereocenters. The predicted molar refractivity (Wildman–Crippen MR) is 121 cm³/mol. The number of pyridine rings is 1. The Bertz CT molecular complexity index is 1330. The first-order valence-electron chi connectivity index (χ1n) is 11.2. The van der Waals surface area contributed by atoms with Crippen LogP contribution < -0.4 is 4.90 Å². The molecule has 3 aliphatic heterocycles. The number of hydrazine groups is 1. The molecule has 0 radical (unpaired) electrons. The third-order valence-electron chi connectivity index (χ3n) is 6.86. The normalized spacial score (nSPS) is 20.4. The SMILES string of the molecule is O=C1c2ccc3c4c(ccc(c24)C(=O)N1c1ccncc1)C(=O)N(N1CCCCC1CO)C3=O. The van der Waals surface area contributed by atoms with Gasteiger partial charge in [0, 0.05) is 40.8 Å². The predicted octanol–water partition coefficient (Wildman–Crippen LogP) is 2.39. The van der Waals surface area contributed by atoms with E-state index in [0.29, 0.717) is 29.4 Å². The van der Waals surface area contributed by atoms with E-state index in [1.165, 1.54) is 12.4 Å². The van der Waals surface area contributed by atoms with Gasteiger partial charge in [-0.05, 0) is 49.2 Å². The fraction of sp³-hybridized carbons (Fsp3) is 0.240. The molecule has 170 valence electrons. The summed E-state index contributed by atoms with van der Waals surface area (Å²) in [6, 6.07) is 8.99. The first kappa shape index (κ1) is 20.6. The molecule has 0 spiro atoms. The van der Waals surface area contributed by atoms with E-state index < -0.39 is 23.6 Å². The van der Waals surface area contributed by atoms with E-state index in [9.17, 15) is 24.3 Å². The number of piperidine rings is 1. The number of hydrogen-bond acceptors (Lipinski definition) is 7. The molecule has 0 saturated carbocycles. The number of benzene rings is 2. The van der Waals surface area contributed by atoms with Crippen molar-refractivity contribution in [1.29, 1.82) is 0 Å². The number of rotatable bonds is 3. The largest absolute Gasteiger partial charge is 0.395 e. The molecule has 3 aromatic rings. The van der Waals surface area contributed by atoms with Crippen LogP contribution in [0, 0.1) is 0 Å². The zero-order valence-electron chi connectivity index (χ0n) is 18.1. The summed E-state index contributed by atoms with van der Waals surface area (Å²) in [4.78, 5) is 58.9. The van der Waals surface area contributed by atoms with E-state index in [1.54, 1.807) is 41.4 Å². The Morgan fingerprint density at radius 1 is 0.765 bits per heavy atom. The summed E-state index contributed by atoms with van der Waals surface area (Å²) < 4.78 is 0. The Labute approximate surface area is 194 Å². The van der Waals surface area contributed by atoms with Crippen LogP contribution in [0.25, 0.3) is 10.8 Å². The van der Waals surface area contributed by atoms with Crippen molar-refractivity contribution in [2.75, 3.05) is 18.1 Å². The summed E-state index contributed by atoms with van der Waals surface area (Å²) >= 11 is 0. The van der Waals surface area contributed by atoms with Gasteiger partial charge in [-0.1, -0.05) is 6.42 Å². The number of imide groups is 2. The van der Waals surface area contributed by atoms with Gasteiger partial charge in [-0.25, -0.2) is 14.9 Å². The van der Waals surface area contributed by atoms with Crippen LogP contribution in [0.4, 0.5) is 5.69 Å². The van der Waals surface area contributed by atoms with Crippen molar-refractivity contribution in [3.05, 3.63) is 71.0 Å². The molecule has 34 heavy (non-hydrogen) atoms. The van der Waals surface area contributed by atoms with Gasteiger partial charge in [-0.3, -0.25) is 24.2 Å². The molecule has 0 aliphatic carbocycles. The minimum absolute atomic E-state index is 0.162. The van der Waals surface area contributed by atoms with Gasteiger partial charge < -0.3 is 5.11 Å². The summed E-state index contributed by atoms with van der Waals surface area (Å²) in [7, 11) is 0. The summed E-state index contributed by atoms with van der Waals surface area (Å²) in [6.07, 6.45) is 5.40. The molecular weight excluding hydrogens is 436 g/mol. The van der Waals surface area contributed by atoms with E-state index in [1.807, 2.05) is 0 Å². The van der Waals surface area contributed by atoms with E-state index in [-0.39, 0.29) is 34.9 Å². The smallest absolute Gasteiger partial charge is 0.276 e. The van der Waals surface area contributed by atoms with Crippen molar-refractivity contribution in [3.8, 4) is 0 Å². The van der Waals surface area contributed by atoms with Gasteiger partial charge in [0.2, 0.25) is 0 Å². The topological polar surface area (TPSA) is 111 Å². The first-order valence-corrected chi connectivity index (χ1v) is 11.2. The van der Waals surface area contributed by atoms with Gasteiger partial charge in [0.15, 0.2) is 0 Å². The Morgan fingerprint density at radius 3 is 1.82 bits per heavy atom. The van der Waals surface area contributed by atoms with Gasteiger partial charge in [0.05, 0.1) is 29.5 Å². The fourth-order valence-corrected chi connectivity index (χ4v) is 5.26. The minimum atomic E-state index is -0.522. The Morgan fingerprint density at radius 2 is 1.29 bits per heavy atom. The van der Waals surface area contributed by atoms with E-state index in [4.69, 9.17) is 0 Å². The van der Waals surface area contributed by atoms with Crippen LogP contribution in [-0.2, 0) is 0 Å². The van der Waals surface area contributed by atoms with Crippen LogP contribution in [0.1, 0.15) is 60.7 Å². The molecule has 1 unspecified atom stereocenters. The molecule has 9 heteroatoms. The lowest BCUT2D eigenvalue weighted by Crippen LogP contribution is -2.58. The first-order chi connectivity index (χ1) is 16.5. The lowest BCUT2D eigenvalue weighted by Gasteiger charge is -2.42. The van der Waals surface area contributed by atoms with Crippen molar-refractivity contribution in [2.24, 2.45) is 0 Å². The minimum Gasteiger partial charge on any atom is -0.395 e. The third-order valence-corrected chi connectivity index (χ3v) is 6.86. The molecule has 1 N–H and O–H groups in total. The van der Waals surface area contributed by atoms with Crippen LogP contribution in [0.5, 0.6) is 0 Å². The summed E-state index contributed by atoms with van der Waals surface area (Å²) in [5.74, 6) is -2.08. The second-order valence-corrected chi connectivity index (χ2v) is 8.64. The van der Waals surface area contributed by atoms with Crippen molar-refractivity contribution in [1.82, 2.24) is 15.0 Å². The van der Waals surface area contributed by atoms with E-state index in [2.05, 4.69) is 4.98 Å². The number of aromatic nitrogens is 1. The van der Waals surface area contributed by atoms with E-state index in [0.717, 1.165) is 22.8 Å². The lowest BCUT2D eigenvalue weighted by atomic mass is 9.86. The number of amides is 4. The summed E-state index contributed by atoms with van der Waals surface area (Å²) in [6.45, 7) is 0.320. The molecule has 9 nitrogen and oxygen atoms in total.